The van der Waals surface area contributed by atoms with Gasteiger partial charge >= 0.3 is 12.1 Å². The van der Waals surface area contributed by atoms with Crippen LogP contribution in [0, 0.1) is 11.8 Å². The molecular formula is C16H16F3NO3. The maximum absolute atomic E-state index is 12.8. The van der Waals surface area contributed by atoms with Crippen molar-refractivity contribution < 1.29 is 27.5 Å². The van der Waals surface area contributed by atoms with Crippen molar-refractivity contribution in [1.29, 1.82) is 0 Å². The lowest BCUT2D eigenvalue weighted by molar-refractivity contribution is -0.151. The van der Waals surface area contributed by atoms with Crippen molar-refractivity contribution in [2.75, 3.05) is 18.1 Å². The third kappa shape index (κ3) is 3.38. The molecule has 1 aromatic carbocycles. The topological polar surface area (TPSA) is 46.6 Å². The van der Waals surface area contributed by atoms with Gasteiger partial charge in [-0.1, -0.05) is 12.1 Å². The SMILES string of the molecule is C=CC1CN(c2cccc(C(F)(F)F)c2)C(=O)C1C(=O)OCC. The molecule has 0 spiro atoms. The van der Waals surface area contributed by atoms with Gasteiger partial charge in [0.2, 0.25) is 5.91 Å². The van der Waals surface area contributed by atoms with Crippen LogP contribution in [0.5, 0.6) is 0 Å². The second-order valence-corrected chi connectivity index (χ2v) is 5.13. The van der Waals surface area contributed by atoms with Crippen LogP contribution < -0.4 is 4.90 Å². The second-order valence-electron chi connectivity index (χ2n) is 5.13. The number of benzene rings is 1. The van der Waals surface area contributed by atoms with E-state index in [2.05, 4.69) is 6.58 Å². The summed E-state index contributed by atoms with van der Waals surface area (Å²) in [5.41, 5.74) is -0.749. The molecule has 1 amide bonds. The Kier molecular flexibility index (Phi) is 4.77. The van der Waals surface area contributed by atoms with Gasteiger partial charge < -0.3 is 9.64 Å². The van der Waals surface area contributed by atoms with E-state index in [1.54, 1.807) is 6.92 Å². The molecule has 23 heavy (non-hydrogen) atoms. The molecule has 7 heteroatoms. The monoisotopic (exact) mass is 327 g/mol. The molecular weight excluding hydrogens is 311 g/mol. The van der Waals surface area contributed by atoms with Crippen molar-refractivity contribution in [3.63, 3.8) is 0 Å². The van der Waals surface area contributed by atoms with Crippen molar-refractivity contribution >= 4 is 17.6 Å². The van der Waals surface area contributed by atoms with Crippen molar-refractivity contribution in [3.8, 4) is 0 Å². The molecule has 0 aliphatic carbocycles. The quantitative estimate of drug-likeness (QED) is 0.485. The second kappa shape index (κ2) is 6.44. The summed E-state index contributed by atoms with van der Waals surface area (Å²) in [6.07, 6.45) is -3.05. The van der Waals surface area contributed by atoms with Crippen LogP contribution in [0.4, 0.5) is 18.9 Å². The van der Waals surface area contributed by atoms with E-state index in [1.807, 2.05) is 0 Å². The van der Waals surface area contributed by atoms with E-state index >= 15 is 0 Å². The third-order valence-corrected chi connectivity index (χ3v) is 3.68. The minimum atomic E-state index is -4.50. The smallest absolute Gasteiger partial charge is 0.416 e. The van der Waals surface area contributed by atoms with Gasteiger partial charge in [0, 0.05) is 18.2 Å². The van der Waals surface area contributed by atoms with Crippen LogP contribution in [0.25, 0.3) is 0 Å². The number of hydrogen-bond donors (Lipinski definition) is 0. The van der Waals surface area contributed by atoms with E-state index in [0.717, 1.165) is 12.1 Å². The first kappa shape index (κ1) is 17.1. The minimum Gasteiger partial charge on any atom is -0.465 e. The van der Waals surface area contributed by atoms with Crippen LogP contribution in [0.3, 0.4) is 0 Å². The Morgan fingerprint density at radius 1 is 1.48 bits per heavy atom. The Bertz CT molecular complexity index is 627. The van der Waals surface area contributed by atoms with Crippen molar-refractivity contribution in [2.45, 2.75) is 13.1 Å². The van der Waals surface area contributed by atoms with Gasteiger partial charge in [-0.2, -0.15) is 13.2 Å². The first-order valence-corrected chi connectivity index (χ1v) is 7.07. The van der Waals surface area contributed by atoms with Gasteiger partial charge in [-0.3, -0.25) is 9.59 Å². The molecule has 0 N–H and O–H groups in total. The number of ether oxygens (including phenoxy) is 1. The van der Waals surface area contributed by atoms with Crippen LogP contribution in [-0.2, 0) is 20.5 Å². The predicted molar refractivity (Wildman–Crippen MR) is 77.6 cm³/mol. The summed E-state index contributed by atoms with van der Waals surface area (Å²) in [6.45, 7) is 5.42. The molecule has 0 radical (unpaired) electrons. The number of rotatable bonds is 4. The van der Waals surface area contributed by atoms with E-state index in [4.69, 9.17) is 4.74 Å². The zero-order valence-corrected chi connectivity index (χ0v) is 12.5. The fourth-order valence-electron chi connectivity index (χ4n) is 2.56. The minimum absolute atomic E-state index is 0.0904. The molecule has 1 aliphatic heterocycles. The van der Waals surface area contributed by atoms with E-state index < -0.39 is 35.5 Å². The highest BCUT2D eigenvalue weighted by Crippen LogP contribution is 2.35. The summed E-state index contributed by atoms with van der Waals surface area (Å²) < 4.78 is 43.3. The largest absolute Gasteiger partial charge is 0.465 e. The average Bonchev–Trinajstić information content (AvgIpc) is 2.83. The third-order valence-electron chi connectivity index (χ3n) is 3.68. The lowest BCUT2D eigenvalue weighted by Gasteiger charge is -2.18. The molecule has 0 bridgehead atoms. The number of hydrogen-bond acceptors (Lipinski definition) is 3. The number of alkyl halides is 3. The Labute approximate surface area is 131 Å². The summed E-state index contributed by atoms with van der Waals surface area (Å²) in [4.78, 5) is 25.5. The summed E-state index contributed by atoms with van der Waals surface area (Å²) in [7, 11) is 0. The molecule has 1 fully saturated rings. The number of carbonyl (C=O) groups is 2. The normalized spacial score (nSPS) is 21.4. The van der Waals surface area contributed by atoms with Gasteiger partial charge in [0.1, 0.15) is 5.92 Å². The molecule has 2 rings (SSSR count). The van der Waals surface area contributed by atoms with Crippen molar-refractivity contribution in [1.82, 2.24) is 0 Å². The van der Waals surface area contributed by atoms with Crippen LogP contribution in [-0.4, -0.2) is 25.0 Å². The molecule has 2 atom stereocenters. The summed E-state index contributed by atoms with van der Waals surface area (Å²) in [5.74, 6) is -2.83. The maximum atomic E-state index is 12.8. The van der Waals surface area contributed by atoms with Crippen molar-refractivity contribution in [3.05, 3.63) is 42.5 Å². The van der Waals surface area contributed by atoms with Crippen LogP contribution in [0.2, 0.25) is 0 Å². The molecule has 0 saturated carbocycles. The molecule has 4 nitrogen and oxygen atoms in total. The van der Waals surface area contributed by atoms with Gasteiger partial charge in [0.15, 0.2) is 0 Å². The van der Waals surface area contributed by atoms with E-state index in [0.29, 0.717) is 0 Å². The van der Waals surface area contributed by atoms with Gasteiger partial charge in [0.25, 0.3) is 0 Å². The lowest BCUT2D eigenvalue weighted by Crippen LogP contribution is -2.32. The standard InChI is InChI=1S/C16H16F3NO3/c1-3-10-9-20(14(21)13(10)15(22)23-4-2)12-7-5-6-11(8-12)16(17,18)19/h3,5-8,10,13H,1,4,9H2,2H3. The highest BCUT2D eigenvalue weighted by atomic mass is 19.4. The zero-order valence-electron chi connectivity index (χ0n) is 12.5. The number of halogens is 3. The van der Waals surface area contributed by atoms with Gasteiger partial charge in [-0.05, 0) is 25.1 Å². The average molecular weight is 327 g/mol. The Hall–Kier alpha value is -2.31. The molecule has 124 valence electrons. The van der Waals surface area contributed by atoms with E-state index in [-0.39, 0.29) is 18.8 Å². The summed E-state index contributed by atoms with van der Waals surface area (Å²) in [6, 6.07) is 4.45. The summed E-state index contributed by atoms with van der Waals surface area (Å²) >= 11 is 0. The fraction of sp³-hybridized carbons (Fsp3) is 0.375. The maximum Gasteiger partial charge on any atom is 0.416 e. The van der Waals surface area contributed by atoms with Crippen molar-refractivity contribution in [2.24, 2.45) is 11.8 Å². The number of nitrogens with zero attached hydrogens (tertiary/aromatic N) is 1. The fourth-order valence-corrected chi connectivity index (χ4v) is 2.56. The molecule has 1 heterocycles. The first-order chi connectivity index (χ1) is 10.8. The van der Waals surface area contributed by atoms with Crippen LogP contribution in [0.1, 0.15) is 12.5 Å². The van der Waals surface area contributed by atoms with E-state index in [9.17, 15) is 22.8 Å². The van der Waals surface area contributed by atoms with Gasteiger partial charge in [-0.25, -0.2) is 0 Å². The highest BCUT2D eigenvalue weighted by molar-refractivity contribution is 6.08. The molecule has 2 unspecified atom stereocenters. The molecule has 1 saturated heterocycles. The van der Waals surface area contributed by atoms with Crippen LogP contribution >= 0.6 is 0 Å². The number of amides is 1. The van der Waals surface area contributed by atoms with Crippen LogP contribution in [0.15, 0.2) is 36.9 Å². The molecule has 0 aromatic heterocycles. The first-order valence-electron chi connectivity index (χ1n) is 7.07. The Morgan fingerprint density at radius 3 is 2.74 bits per heavy atom. The molecule has 1 aliphatic rings. The Morgan fingerprint density at radius 2 is 2.17 bits per heavy atom. The zero-order chi connectivity index (χ0) is 17.2. The number of carbonyl (C=O) groups excluding carboxylic acids is 2. The molecule has 1 aromatic rings. The summed E-state index contributed by atoms with van der Waals surface area (Å²) in [5, 5.41) is 0. The lowest BCUT2D eigenvalue weighted by atomic mass is 9.96. The Balaban J connectivity index is 2.33. The highest BCUT2D eigenvalue weighted by Gasteiger charge is 2.45. The number of anilines is 1. The predicted octanol–water partition coefficient (Wildman–Crippen LogP) is 3.03. The number of esters is 1. The van der Waals surface area contributed by atoms with Gasteiger partial charge in [0.05, 0.1) is 12.2 Å². The van der Waals surface area contributed by atoms with Gasteiger partial charge in [-0.15, -0.1) is 6.58 Å². The van der Waals surface area contributed by atoms with E-state index in [1.165, 1.54) is 23.1 Å².